The third kappa shape index (κ3) is 2.86. The number of carbonyl (C=O) groups excluding carboxylic acids is 1. The number of hydrogen-bond donors (Lipinski definition) is 1. The van der Waals surface area contributed by atoms with Gasteiger partial charge in [0.05, 0.1) is 6.54 Å². The van der Waals surface area contributed by atoms with Crippen molar-refractivity contribution >= 4 is 11.8 Å². The van der Waals surface area contributed by atoms with Gasteiger partial charge in [-0.25, -0.2) is 9.18 Å². The summed E-state index contributed by atoms with van der Waals surface area (Å²) in [6.07, 6.45) is 0.139. The van der Waals surface area contributed by atoms with Gasteiger partial charge in [0.25, 0.3) is 0 Å². The zero-order chi connectivity index (χ0) is 15.1. The fourth-order valence-electron chi connectivity index (χ4n) is 2.39. The molecule has 2 rings (SSSR count). The molecule has 2 N–H and O–H groups in total. The van der Waals surface area contributed by atoms with Crippen LogP contribution in [0.5, 0.6) is 0 Å². The Bertz CT molecular complexity index is 550. The Morgan fingerprint density at radius 2 is 2.05 bits per heavy atom. The maximum Gasteiger partial charge on any atom is 0.410 e. The van der Waals surface area contributed by atoms with Gasteiger partial charge < -0.3 is 15.4 Å². The minimum atomic E-state index is -0.554. The second-order valence-electron chi connectivity index (χ2n) is 6.21. The van der Waals surface area contributed by atoms with E-state index in [0.717, 1.165) is 5.56 Å². The first-order valence-electron chi connectivity index (χ1n) is 6.73. The number of nitrogens with zero attached hydrogens (tertiary/aromatic N) is 1. The highest BCUT2D eigenvalue weighted by Gasteiger charge is 2.28. The van der Waals surface area contributed by atoms with Crippen LogP contribution >= 0.6 is 0 Å². The number of fused-ring (bicyclic) bond motifs is 1. The Hall–Kier alpha value is -1.78. The van der Waals surface area contributed by atoms with Gasteiger partial charge in [0.1, 0.15) is 11.4 Å². The van der Waals surface area contributed by atoms with Crippen molar-refractivity contribution in [3.05, 3.63) is 28.6 Å². The molecule has 1 aliphatic rings. The molecule has 4 nitrogen and oxygen atoms in total. The van der Waals surface area contributed by atoms with Crippen molar-refractivity contribution in [2.24, 2.45) is 0 Å². The van der Waals surface area contributed by atoms with Crippen molar-refractivity contribution in [2.75, 3.05) is 12.3 Å². The van der Waals surface area contributed by atoms with E-state index in [9.17, 15) is 9.18 Å². The van der Waals surface area contributed by atoms with Gasteiger partial charge in [-0.3, -0.25) is 0 Å². The maximum atomic E-state index is 14.2. The molecule has 0 bridgehead atoms. The Morgan fingerprint density at radius 1 is 1.40 bits per heavy atom. The fraction of sp³-hybridized carbons (Fsp3) is 0.533. The number of anilines is 1. The predicted octanol–water partition coefficient (Wildman–Crippen LogP) is 3.01. The molecule has 5 heteroatoms. The summed E-state index contributed by atoms with van der Waals surface area (Å²) in [5, 5.41) is 0. The largest absolute Gasteiger partial charge is 0.444 e. The lowest BCUT2D eigenvalue weighted by Crippen LogP contribution is -2.40. The molecule has 0 saturated carbocycles. The van der Waals surface area contributed by atoms with E-state index in [1.165, 1.54) is 4.90 Å². The van der Waals surface area contributed by atoms with Gasteiger partial charge >= 0.3 is 6.09 Å². The first kappa shape index (κ1) is 14.6. The summed E-state index contributed by atoms with van der Waals surface area (Å²) in [4.78, 5) is 13.6. The second kappa shape index (κ2) is 4.96. The highest BCUT2D eigenvalue weighted by molar-refractivity contribution is 5.69. The first-order valence-corrected chi connectivity index (χ1v) is 6.73. The van der Waals surface area contributed by atoms with Gasteiger partial charge in [-0.15, -0.1) is 0 Å². The SMILES string of the molecule is Cc1cc(N)c2c(c1F)CN(C(=O)OC(C)(C)C)CC2. The Labute approximate surface area is 118 Å². The minimum Gasteiger partial charge on any atom is -0.444 e. The number of ether oxygens (including phenoxy) is 1. The van der Waals surface area contributed by atoms with E-state index >= 15 is 0 Å². The van der Waals surface area contributed by atoms with Crippen molar-refractivity contribution in [1.82, 2.24) is 4.90 Å². The zero-order valence-electron chi connectivity index (χ0n) is 12.4. The summed E-state index contributed by atoms with van der Waals surface area (Å²) in [5.74, 6) is -0.276. The highest BCUT2D eigenvalue weighted by Crippen LogP contribution is 2.29. The highest BCUT2D eigenvalue weighted by atomic mass is 19.1. The molecule has 0 spiro atoms. The van der Waals surface area contributed by atoms with Gasteiger partial charge in [-0.2, -0.15) is 0 Å². The molecule has 0 aliphatic carbocycles. The number of hydrogen-bond acceptors (Lipinski definition) is 3. The number of carbonyl (C=O) groups is 1. The van der Waals surface area contributed by atoms with Crippen molar-refractivity contribution in [1.29, 1.82) is 0 Å². The van der Waals surface area contributed by atoms with Gasteiger partial charge in [0.2, 0.25) is 0 Å². The second-order valence-corrected chi connectivity index (χ2v) is 6.21. The number of halogens is 1. The molecular formula is C15H21FN2O2. The molecule has 0 saturated heterocycles. The van der Waals surface area contributed by atoms with Gasteiger partial charge in [0, 0.05) is 17.8 Å². The minimum absolute atomic E-state index is 0.210. The molecule has 1 aromatic rings. The van der Waals surface area contributed by atoms with E-state index < -0.39 is 11.7 Å². The van der Waals surface area contributed by atoms with Crippen LogP contribution in [0.3, 0.4) is 0 Å². The summed E-state index contributed by atoms with van der Waals surface area (Å²) in [6.45, 7) is 7.82. The predicted molar refractivity (Wildman–Crippen MR) is 75.9 cm³/mol. The maximum absolute atomic E-state index is 14.2. The third-order valence-corrected chi connectivity index (χ3v) is 3.33. The van der Waals surface area contributed by atoms with Crippen LogP contribution in [0.15, 0.2) is 6.07 Å². The molecule has 1 aromatic carbocycles. The summed E-state index contributed by atoms with van der Waals surface area (Å²) in [6, 6.07) is 1.65. The van der Waals surface area contributed by atoms with E-state index in [-0.39, 0.29) is 12.4 Å². The number of nitrogen functional groups attached to an aromatic ring is 1. The van der Waals surface area contributed by atoms with Crippen LogP contribution < -0.4 is 5.73 Å². The van der Waals surface area contributed by atoms with E-state index in [2.05, 4.69) is 0 Å². The van der Waals surface area contributed by atoms with Crippen molar-refractivity contribution in [3.63, 3.8) is 0 Å². The summed E-state index contributed by atoms with van der Waals surface area (Å²) >= 11 is 0. The molecule has 0 aromatic heterocycles. The van der Waals surface area contributed by atoms with E-state index in [1.807, 2.05) is 20.8 Å². The number of nitrogens with two attached hydrogens (primary N) is 1. The first-order chi connectivity index (χ1) is 9.19. The lowest BCUT2D eigenvalue weighted by Gasteiger charge is -2.32. The zero-order valence-corrected chi connectivity index (χ0v) is 12.4. The fourth-order valence-corrected chi connectivity index (χ4v) is 2.39. The number of rotatable bonds is 0. The topological polar surface area (TPSA) is 55.6 Å². The molecule has 0 fully saturated rings. The molecule has 0 radical (unpaired) electrons. The van der Waals surface area contributed by atoms with E-state index in [4.69, 9.17) is 10.5 Å². The summed E-state index contributed by atoms with van der Waals surface area (Å²) in [7, 11) is 0. The third-order valence-electron chi connectivity index (χ3n) is 3.33. The van der Waals surface area contributed by atoms with Crippen LogP contribution in [0.2, 0.25) is 0 Å². The van der Waals surface area contributed by atoms with Crippen LogP contribution in [0.25, 0.3) is 0 Å². The summed E-state index contributed by atoms with van der Waals surface area (Å²) < 4.78 is 19.5. The Morgan fingerprint density at radius 3 is 2.65 bits per heavy atom. The van der Waals surface area contributed by atoms with Gasteiger partial charge in [-0.05, 0) is 51.3 Å². The van der Waals surface area contributed by atoms with Crippen molar-refractivity contribution in [3.8, 4) is 0 Å². The molecular weight excluding hydrogens is 259 g/mol. The molecule has 20 heavy (non-hydrogen) atoms. The Kier molecular flexibility index (Phi) is 3.63. The Balaban J connectivity index is 2.25. The van der Waals surface area contributed by atoms with Crippen LogP contribution in [-0.2, 0) is 17.7 Å². The molecule has 1 amide bonds. The monoisotopic (exact) mass is 280 g/mol. The number of amides is 1. The van der Waals surface area contributed by atoms with Crippen molar-refractivity contribution in [2.45, 2.75) is 46.3 Å². The molecule has 110 valence electrons. The average molecular weight is 280 g/mol. The lowest BCUT2D eigenvalue weighted by atomic mass is 9.95. The standard InChI is InChI=1S/C15H21FN2O2/c1-9-7-12(17)10-5-6-18(8-11(10)13(9)16)14(19)20-15(2,3)4/h7H,5-6,8,17H2,1-4H3. The lowest BCUT2D eigenvalue weighted by molar-refractivity contribution is 0.0222. The van der Waals surface area contributed by atoms with Crippen molar-refractivity contribution < 1.29 is 13.9 Å². The number of benzene rings is 1. The van der Waals surface area contributed by atoms with Crippen LogP contribution in [0, 0.1) is 12.7 Å². The van der Waals surface area contributed by atoms with Crippen LogP contribution in [0.1, 0.15) is 37.5 Å². The molecule has 1 aliphatic heterocycles. The quantitative estimate of drug-likeness (QED) is 0.743. The van der Waals surface area contributed by atoms with Crippen LogP contribution in [0.4, 0.5) is 14.9 Å². The smallest absolute Gasteiger partial charge is 0.410 e. The number of aryl methyl sites for hydroxylation is 1. The molecule has 0 atom stereocenters. The molecule has 1 heterocycles. The normalized spacial score (nSPS) is 14.9. The van der Waals surface area contributed by atoms with Gasteiger partial charge in [0.15, 0.2) is 0 Å². The van der Waals surface area contributed by atoms with E-state index in [1.54, 1.807) is 13.0 Å². The summed E-state index contributed by atoms with van der Waals surface area (Å²) in [5.41, 5.74) is 7.81. The molecule has 0 unspecified atom stereocenters. The van der Waals surface area contributed by atoms with Gasteiger partial charge in [-0.1, -0.05) is 0 Å². The average Bonchev–Trinajstić information content (AvgIpc) is 2.33. The van der Waals surface area contributed by atoms with E-state index in [0.29, 0.717) is 29.8 Å². The van der Waals surface area contributed by atoms with Crippen LogP contribution in [-0.4, -0.2) is 23.1 Å².